The molecule has 1 atom stereocenters. The van der Waals surface area contributed by atoms with Crippen molar-refractivity contribution < 1.29 is 33.3 Å². The SMILES string of the molecule is CCCCCCCCCCCCCCCC(=O)OC(OC(=O)CCCCCCCCCCCCCCC)OC(CC)COC(=O)CCCN(C)C. The lowest BCUT2D eigenvalue weighted by molar-refractivity contribution is -0.284. The summed E-state index contributed by atoms with van der Waals surface area (Å²) in [6.45, 7) is 5.79. The van der Waals surface area contributed by atoms with Gasteiger partial charge >= 0.3 is 24.4 Å². The van der Waals surface area contributed by atoms with E-state index in [-0.39, 0.29) is 25.4 Å². The van der Waals surface area contributed by atoms with Crippen LogP contribution in [0.15, 0.2) is 0 Å². The molecule has 0 aliphatic rings. The summed E-state index contributed by atoms with van der Waals surface area (Å²) in [5, 5.41) is 0. The van der Waals surface area contributed by atoms with Crippen molar-refractivity contribution in [3.8, 4) is 0 Å². The third-order valence-corrected chi connectivity index (χ3v) is 9.60. The van der Waals surface area contributed by atoms with Gasteiger partial charge in [0.2, 0.25) is 0 Å². The zero-order valence-corrected chi connectivity index (χ0v) is 34.3. The second kappa shape index (κ2) is 38.1. The predicted octanol–water partition coefficient (Wildman–Crippen LogP) is 12.0. The molecule has 0 amide bonds. The van der Waals surface area contributed by atoms with Gasteiger partial charge in [-0.05, 0) is 46.3 Å². The summed E-state index contributed by atoms with van der Waals surface area (Å²) in [5.41, 5.74) is 0. The van der Waals surface area contributed by atoms with Gasteiger partial charge in [-0.25, -0.2) is 0 Å². The standard InChI is InChI=1S/C43H83NO7/c1-6-9-11-13-15-17-19-21-23-25-27-29-31-34-41(46)50-43(49-39(8-3)38-48-40(45)36-33-37-44(4)5)51-42(47)35-32-30-28-26-24-22-20-18-16-14-12-10-7-2/h39,43H,6-38H2,1-5H3. The minimum atomic E-state index is -1.44. The average molecular weight is 726 g/mol. The molecule has 0 spiro atoms. The molecule has 0 aromatic carbocycles. The molecule has 8 heteroatoms. The Bertz CT molecular complexity index is 746. The van der Waals surface area contributed by atoms with Gasteiger partial charge in [0, 0.05) is 19.3 Å². The van der Waals surface area contributed by atoms with E-state index in [2.05, 4.69) is 13.8 Å². The van der Waals surface area contributed by atoms with Crippen LogP contribution in [-0.4, -0.2) is 62.6 Å². The summed E-state index contributed by atoms with van der Waals surface area (Å²) in [7, 11) is 3.93. The highest BCUT2D eigenvalue weighted by Gasteiger charge is 2.24. The first-order chi connectivity index (χ1) is 24.8. The molecule has 0 N–H and O–H groups in total. The molecule has 0 aromatic rings. The Morgan fingerprint density at radius 3 is 1.12 bits per heavy atom. The van der Waals surface area contributed by atoms with Crippen molar-refractivity contribution in [3.63, 3.8) is 0 Å². The van der Waals surface area contributed by atoms with E-state index < -0.39 is 24.5 Å². The van der Waals surface area contributed by atoms with Crippen LogP contribution in [0.3, 0.4) is 0 Å². The number of unbranched alkanes of at least 4 members (excludes halogenated alkanes) is 24. The number of carbonyl (C=O) groups is 3. The van der Waals surface area contributed by atoms with Crippen LogP contribution < -0.4 is 0 Å². The largest absolute Gasteiger partial charge is 0.463 e. The smallest absolute Gasteiger partial charge is 0.365 e. The highest BCUT2D eigenvalue weighted by molar-refractivity contribution is 5.71. The minimum absolute atomic E-state index is 0.0145. The maximum atomic E-state index is 12.7. The fraction of sp³-hybridized carbons (Fsp3) is 0.930. The number of hydrogen-bond donors (Lipinski definition) is 0. The fourth-order valence-electron chi connectivity index (χ4n) is 6.19. The van der Waals surface area contributed by atoms with Crippen molar-refractivity contribution in [2.45, 2.75) is 232 Å². The maximum absolute atomic E-state index is 12.7. The molecule has 0 fully saturated rings. The molecular formula is C43H83NO7. The summed E-state index contributed by atoms with van der Waals surface area (Å²) in [5.74, 6) is -1.17. The van der Waals surface area contributed by atoms with Gasteiger partial charge in [-0.15, -0.1) is 0 Å². The Morgan fingerprint density at radius 2 is 0.784 bits per heavy atom. The number of carbonyl (C=O) groups excluding carboxylic acids is 3. The Hall–Kier alpha value is -1.67. The molecule has 0 aliphatic heterocycles. The van der Waals surface area contributed by atoms with E-state index >= 15 is 0 Å². The lowest BCUT2D eigenvalue weighted by Gasteiger charge is -2.23. The number of nitrogens with zero attached hydrogens (tertiary/aromatic N) is 1. The summed E-state index contributed by atoms with van der Waals surface area (Å²) in [6, 6.07) is 0. The Balaban J connectivity index is 4.50. The van der Waals surface area contributed by atoms with Crippen LogP contribution >= 0.6 is 0 Å². The monoisotopic (exact) mass is 726 g/mol. The Labute approximate surface area is 315 Å². The van der Waals surface area contributed by atoms with Crippen LogP contribution in [-0.2, 0) is 33.3 Å². The quantitative estimate of drug-likeness (QED) is 0.0351. The number of esters is 3. The molecule has 0 radical (unpaired) electrons. The van der Waals surface area contributed by atoms with Crippen molar-refractivity contribution in [2.24, 2.45) is 0 Å². The van der Waals surface area contributed by atoms with Gasteiger partial charge < -0.3 is 23.8 Å². The van der Waals surface area contributed by atoms with E-state index in [1.54, 1.807) is 0 Å². The van der Waals surface area contributed by atoms with Crippen LogP contribution in [0.1, 0.15) is 220 Å². The van der Waals surface area contributed by atoms with Crippen LogP contribution in [0.25, 0.3) is 0 Å². The van der Waals surface area contributed by atoms with Gasteiger partial charge in [0.15, 0.2) is 0 Å². The second-order valence-electron chi connectivity index (χ2n) is 15.0. The summed E-state index contributed by atoms with van der Waals surface area (Å²) in [6.07, 6.45) is 33.5. The molecule has 0 heterocycles. The molecule has 0 saturated heterocycles. The Morgan fingerprint density at radius 1 is 0.451 bits per heavy atom. The highest BCUT2D eigenvalue weighted by Crippen LogP contribution is 2.17. The van der Waals surface area contributed by atoms with Crippen molar-refractivity contribution in [2.75, 3.05) is 27.2 Å². The lowest BCUT2D eigenvalue weighted by Crippen LogP contribution is -2.34. The molecule has 0 saturated carbocycles. The molecule has 0 aliphatic carbocycles. The summed E-state index contributed by atoms with van der Waals surface area (Å²) < 4.78 is 22.4. The highest BCUT2D eigenvalue weighted by atomic mass is 16.9. The summed E-state index contributed by atoms with van der Waals surface area (Å²) in [4.78, 5) is 39.7. The molecule has 1 unspecified atom stereocenters. The third kappa shape index (κ3) is 36.5. The number of rotatable bonds is 39. The molecule has 51 heavy (non-hydrogen) atoms. The molecule has 0 bridgehead atoms. The predicted molar refractivity (Wildman–Crippen MR) is 211 cm³/mol. The van der Waals surface area contributed by atoms with Crippen molar-refractivity contribution >= 4 is 17.9 Å². The van der Waals surface area contributed by atoms with Crippen LogP contribution in [0, 0.1) is 0 Å². The van der Waals surface area contributed by atoms with E-state index in [9.17, 15) is 14.4 Å². The molecule has 302 valence electrons. The first-order valence-electron chi connectivity index (χ1n) is 21.7. The zero-order chi connectivity index (χ0) is 37.6. The fourth-order valence-corrected chi connectivity index (χ4v) is 6.19. The van der Waals surface area contributed by atoms with Gasteiger partial charge in [-0.2, -0.15) is 0 Å². The van der Waals surface area contributed by atoms with E-state index in [0.29, 0.717) is 19.3 Å². The van der Waals surface area contributed by atoms with Gasteiger partial charge in [-0.3, -0.25) is 14.4 Å². The Kier molecular flexibility index (Phi) is 36.8. The average Bonchev–Trinajstić information content (AvgIpc) is 3.10. The normalized spacial score (nSPS) is 12.1. The van der Waals surface area contributed by atoms with Crippen LogP contribution in [0.2, 0.25) is 0 Å². The minimum Gasteiger partial charge on any atom is -0.463 e. The lowest BCUT2D eigenvalue weighted by atomic mass is 10.0. The maximum Gasteiger partial charge on any atom is 0.365 e. The van der Waals surface area contributed by atoms with Gasteiger partial charge in [0.1, 0.15) is 6.61 Å². The number of ether oxygens (including phenoxy) is 4. The second-order valence-corrected chi connectivity index (χ2v) is 15.0. The van der Waals surface area contributed by atoms with E-state index in [4.69, 9.17) is 18.9 Å². The third-order valence-electron chi connectivity index (χ3n) is 9.60. The molecule has 0 rings (SSSR count). The molecule has 0 aromatic heterocycles. The summed E-state index contributed by atoms with van der Waals surface area (Å²) >= 11 is 0. The number of hydrogen-bond acceptors (Lipinski definition) is 8. The topological polar surface area (TPSA) is 91.4 Å². The van der Waals surface area contributed by atoms with Gasteiger partial charge in [-0.1, -0.05) is 175 Å². The van der Waals surface area contributed by atoms with Crippen molar-refractivity contribution in [1.82, 2.24) is 4.90 Å². The van der Waals surface area contributed by atoms with Gasteiger partial charge in [0.05, 0.1) is 6.10 Å². The van der Waals surface area contributed by atoms with Crippen LogP contribution in [0.4, 0.5) is 0 Å². The van der Waals surface area contributed by atoms with Crippen molar-refractivity contribution in [3.05, 3.63) is 0 Å². The first-order valence-corrected chi connectivity index (χ1v) is 21.7. The first kappa shape index (κ1) is 49.3. The van der Waals surface area contributed by atoms with Crippen LogP contribution in [0.5, 0.6) is 0 Å². The van der Waals surface area contributed by atoms with E-state index in [0.717, 1.165) is 45.1 Å². The van der Waals surface area contributed by atoms with E-state index in [1.807, 2.05) is 25.9 Å². The molecular weight excluding hydrogens is 642 g/mol. The van der Waals surface area contributed by atoms with Crippen molar-refractivity contribution in [1.29, 1.82) is 0 Å². The van der Waals surface area contributed by atoms with E-state index in [1.165, 1.54) is 128 Å². The van der Waals surface area contributed by atoms with Gasteiger partial charge in [0.25, 0.3) is 0 Å². The molecule has 8 nitrogen and oxygen atoms in total. The zero-order valence-electron chi connectivity index (χ0n) is 34.3.